The van der Waals surface area contributed by atoms with Crippen LogP contribution in [0.15, 0.2) is 23.6 Å². The van der Waals surface area contributed by atoms with Crippen molar-refractivity contribution < 1.29 is 14.6 Å². The van der Waals surface area contributed by atoms with E-state index in [0.717, 1.165) is 10.7 Å². The van der Waals surface area contributed by atoms with Gasteiger partial charge >= 0.3 is 0 Å². The van der Waals surface area contributed by atoms with Crippen LogP contribution in [0.2, 0.25) is 5.02 Å². The number of thiazole rings is 1. The van der Waals surface area contributed by atoms with Crippen LogP contribution in [-0.2, 0) is 4.74 Å². The van der Waals surface area contributed by atoms with Gasteiger partial charge in [0.1, 0.15) is 16.9 Å². The summed E-state index contributed by atoms with van der Waals surface area (Å²) in [5.74, 6) is -0.316. The molecular weight excluding hydrogens is 324 g/mol. The van der Waals surface area contributed by atoms with Crippen LogP contribution in [0.3, 0.4) is 0 Å². The molecule has 0 aliphatic carbocycles. The third-order valence-electron chi connectivity index (χ3n) is 3.45. The van der Waals surface area contributed by atoms with Crippen LogP contribution >= 0.6 is 22.9 Å². The molecule has 0 spiro atoms. The largest absolute Gasteiger partial charge is 0.507 e. The van der Waals surface area contributed by atoms with Gasteiger partial charge in [0.2, 0.25) is 0 Å². The lowest BCUT2D eigenvalue weighted by molar-refractivity contribution is -0.0230. The Morgan fingerprint density at radius 2 is 2.36 bits per heavy atom. The molecule has 1 aliphatic heterocycles. The van der Waals surface area contributed by atoms with Gasteiger partial charge in [-0.3, -0.25) is 4.79 Å². The fourth-order valence-corrected chi connectivity index (χ4v) is 3.36. The second kappa shape index (κ2) is 6.24. The maximum Gasteiger partial charge on any atom is 0.257 e. The first-order chi connectivity index (χ1) is 10.5. The van der Waals surface area contributed by atoms with Gasteiger partial charge in [-0.15, -0.1) is 11.3 Å². The topological polar surface area (TPSA) is 62.7 Å². The zero-order valence-electron chi connectivity index (χ0n) is 12.0. The zero-order valence-corrected chi connectivity index (χ0v) is 13.5. The lowest BCUT2D eigenvalue weighted by Gasteiger charge is -2.32. The molecule has 1 N–H and O–H groups in total. The number of hydrogen-bond acceptors (Lipinski definition) is 5. The number of ether oxygens (including phenoxy) is 1. The van der Waals surface area contributed by atoms with Crippen molar-refractivity contribution in [2.24, 2.45) is 0 Å². The molecule has 116 valence electrons. The fraction of sp³-hybridized carbons (Fsp3) is 0.333. The number of aryl methyl sites for hydroxylation is 1. The Hall–Kier alpha value is -1.63. The quantitative estimate of drug-likeness (QED) is 0.914. The van der Waals surface area contributed by atoms with Crippen LogP contribution in [0.25, 0.3) is 0 Å². The molecule has 3 rings (SSSR count). The molecule has 2 heterocycles. The Labute approximate surface area is 137 Å². The molecule has 2 aromatic rings. The summed E-state index contributed by atoms with van der Waals surface area (Å²) < 4.78 is 5.71. The van der Waals surface area contributed by atoms with E-state index in [-0.39, 0.29) is 23.3 Å². The summed E-state index contributed by atoms with van der Waals surface area (Å²) in [7, 11) is 0. The van der Waals surface area contributed by atoms with Crippen molar-refractivity contribution in [3.05, 3.63) is 44.9 Å². The van der Waals surface area contributed by atoms with Crippen molar-refractivity contribution in [3.8, 4) is 5.75 Å². The Kier molecular flexibility index (Phi) is 4.33. The van der Waals surface area contributed by atoms with E-state index in [0.29, 0.717) is 24.7 Å². The minimum atomic E-state index is -0.249. The Bertz CT molecular complexity index is 704. The van der Waals surface area contributed by atoms with E-state index in [1.807, 2.05) is 12.3 Å². The lowest BCUT2D eigenvalue weighted by Crippen LogP contribution is -2.42. The first-order valence-corrected chi connectivity index (χ1v) is 8.12. The summed E-state index contributed by atoms with van der Waals surface area (Å²) in [5.41, 5.74) is 1.16. The standard InChI is InChI=1S/C15H15ClN2O3S/c1-9-8-22-14(17-9)13-7-18(4-5-21-13)15(20)11-6-10(16)2-3-12(11)19/h2-3,6,8,13,19H,4-5,7H2,1H3. The number of aromatic hydroxyl groups is 1. The summed E-state index contributed by atoms with van der Waals surface area (Å²) in [6, 6.07) is 4.46. The molecule has 1 amide bonds. The zero-order chi connectivity index (χ0) is 15.7. The number of rotatable bonds is 2. The monoisotopic (exact) mass is 338 g/mol. The molecule has 1 aliphatic rings. The number of carbonyl (C=O) groups is 1. The predicted molar refractivity (Wildman–Crippen MR) is 84.6 cm³/mol. The van der Waals surface area contributed by atoms with Crippen molar-refractivity contribution in [3.63, 3.8) is 0 Å². The van der Waals surface area contributed by atoms with Crippen LogP contribution in [0.5, 0.6) is 5.75 Å². The van der Waals surface area contributed by atoms with E-state index < -0.39 is 0 Å². The molecule has 1 aromatic heterocycles. The average Bonchev–Trinajstić information content (AvgIpc) is 2.96. The summed E-state index contributed by atoms with van der Waals surface area (Å²) in [6.07, 6.45) is -0.224. The first kappa shape index (κ1) is 15.3. The molecule has 5 nitrogen and oxygen atoms in total. The fourth-order valence-electron chi connectivity index (χ4n) is 2.35. The third kappa shape index (κ3) is 3.09. The number of carbonyl (C=O) groups excluding carboxylic acids is 1. The van der Waals surface area contributed by atoms with Crippen molar-refractivity contribution in [2.75, 3.05) is 19.7 Å². The van der Waals surface area contributed by atoms with Crippen molar-refractivity contribution in [1.82, 2.24) is 9.88 Å². The minimum absolute atomic E-state index is 0.0671. The van der Waals surface area contributed by atoms with Crippen LogP contribution in [0.1, 0.15) is 27.2 Å². The van der Waals surface area contributed by atoms with Crippen molar-refractivity contribution >= 4 is 28.8 Å². The van der Waals surface area contributed by atoms with E-state index >= 15 is 0 Å². The number of hydrogen-bond donors (Lipinski definition) is 1. The SMILES string of the molecule is Cc1csc(C2CN(C(=O)c3cc(Cl)ccc3O)CCO2)n1. The molecular formula is C15H15ClN2O3S. The van der Waals surface area contributed by atoms with Gasteiger partial charge in [-0.2, -0.15) is 0 Å². The maximum atomic E-state index is 12.6. The highest BCUT2D eigenvalue weighted by Gasteiger charge is 2.29. The second-order valence-electron chi connectivity index (χ2n) is 5.10. The summed E-state index contributed by atoms with van der Waals surface area (Å²) in [5, 5.41) is 13.1. The number of phenols is 1. The first-order valence-electron chi connectivity index (χ1n) is 6.86. The molecule has 0 bridgehead atoms. The van der Waals surface area contributed by atoms with Gasteiger partial charge in [0.25, 0.3) is 5.91 Å². The number of aromatic nitrogens is 1. The van der Waals surface area contributed by atoms with E-state index in [2.05, 4.69) is 4.98 Å². The third-order valence-corrected chi connectivity index (χ3v) is 4.74. The summed E-state index contributed by atoms with van der Waals surface area (Å²) in [4.78, 5) is 18.7. The Balaban J connectivity index is 1.79. The van der Waals surface area contributed by atoms with Gasteiger partial charge in [-0.1, -0.05) is 11.6 Å². The van der Waals surface area contributed by atoms with E-state index in [1.165, 1.54) is 23.5 Å². The highest BCUT2D eigenvalue weighted by Crippen LogP contribution is 2.28. The van der Waals surface area contributed by atoms with E-state index in [1.54, 1.807) is 11.0 Å². The molecule has 0 saturated carbocycles. The number of nitrogens with zero attached hydrogens (tertiary/aromatic N) is 2. The highest BCUT2D eigenvalue weighted by molar-refractivity contribution is 7.09. The number of morpholine rings is 1. The Morgan fingerprint density at radius 3 is 3.09 bits per heavy atom. The van der Waals surface area contributed by atoms with Crippen LogP contribution in [0, 0.1) is 6.92 Å². The number of benzene rings is 1. The second-order valence-corrected chi connectivity index (χ2v) is 6.43. The smallest absolute Gasteiger partial charge is 0.257 e. The molecule has 1 unspecified atom stereocenters. The lowest BCUT2D eigenvalue weighted by atomic mass is 10.1. The van der Waals surface area contributed by atoms with Crippen molar-refractivity contribution in [2.45, 2.75) is 13.0 Å². The highest BCUT2D eigenvalue weighted by atomic mass is 35.5. The maximum absolute atomic E-state index is 12.6. The molecule has 1 saturated heterocycles. The average molecular weight is 339 g/mol. The molecule has 7 heteroatoms. The minimum Gasteiger partial charge on any atom is -0.507 e. The molecule has 0 radical (unpaired) electrons. The summed E-state index contributed by atoms with van der Waals surface area (Å²) >= 11 is 7.44. The molecule has 22 heavy (non-hydrogen) atoms. The number of phenolic OH excluding ortho intramolecular Hbond substituents is 1. The number of halogens is 1. The van der Waals surface area contributed by atoms with Gasteiger partial charge in [-0.25, -0.2) is 4.98 Å². The molecule has 1 fully saturated rings. The Morgan fingerprint density at radius 1 is 1.55 bits per heavy atom. The van der Waals surface area contributed by atoms with Crippen LogP contribution < -0.4 is 0 Å². The van der Waals surface area contributed by atoms with E-state index in [4.69, 9.17) is 16.3 Å². The summed E-state index contributed by atoms with van der Waals surface area (Å²) in [6.45, 7) is 3.26. The normalized spacial score (nSPS) is 18.5. The van der Waals surface area contributed by atoms with Crippen LogP contribution in [-0.4, -0.2) is 40.6 Å². The van der Waals surface area contributed by atoms with Gasteiger partial charge in [0.05, 0.1) is 18.7 Å². The molecule has 1 aromatic carbocycles. The predicted octanol–water partition coefficient (Wildman–Crippen LogP) is 3.02. The van der Waals surface area contributed by atoms with Gasteiger partial charge < -0.3 is 14.7 Å². The van der Waals surface area contributed by atoms with Gasteiger partial charge in [-0.05, 0) is 25.1 Å². The number of amides is 1. The van der Waals surface area contributed by atoms with Crippen LogP contribution in [0.4, 0.5) is 0 Å². The van der Waals surface area contributed by atoms with Gasteiger partial charge in [0, 0.05) is 22.6 Å². The van der Waals surface area contributed by atoms with Crippen molar-refractivity contribution in [1.29, 1.82) is 0 Å². The van der Waals surface area contributed by atoms with Gasteiger partial charge in [0.15, 0.2) is 0 Å². The molecule has 1 atom stereocenters. The van der Waals surface area contributed by atoms with E-state index in [9.17, 15) is 9.90 Å².